The summed E-state index contributed by atoms with van der Waals surface area (Å²) in [4.78, 5) is 14.3. The second-order valence-electron chi connectivity index (χ2n) is 12.0. The molecule has 0 saturated carbocycles. The molecule has 222 valence electrons. The number of hydrogen-bond acceptors (Lipinski definition) is 4. The van der Waals surface area contributed by atoms with Gasteiger partial charge >= 0.3 is 0 Å². The molecular weight excluding hydrogens is 585 g/mol. The van der Waals surface area contributed by atoms with E-state index in [1.807, 2.05) is 42.6 Å². The van der Waals surface area contributed by atoms with Crippen molar-refractivity contribution in [3.63, 3.8) is 0 Å². The van der Waals surface area contributed by atoms with Crippen LogP contribution in [0.25, 0.3) is 88.5 Å². The molecule has 2 aromatic heterocycles. The van der Waals surface area contributed by atoms with Crippen LogP contribution in [0.5, 0.6) is 0 Å². The number of hydrogen-bond donors (Lipinski definition) is 0. The van der Waals surface area contributed by atoms with Crippen molar-refractivity contribution in [2.24, 2.45) is 0 Å². The van der Waals surface area contributed by atoms with E-state index in [0.29, 0.717) is 11.4 Å². The van der Waals surface area contributed by atoms with Crippen molar-refractivity contribution in [1.29, 1.82) is 5.26 Å². The molecule has 9 rings (SSSR count). The number of pyridine rings is 1. The van der Waals surface area contributed by atoms with Gasteiger partial charge in [-0.25, -0.2) is 9.97 Å². The van der Waals surface area contributed by atoms with E-state index in [0.717, 1.165) is 44.8 Å². The molecule has 0 aliphatic carbocycles. The van der Waals surface area contributed by atoms with Crippen LogP contribution in [0, 0.1) is 11.3 Å². The SMILES string of the molecule is N#Cc1ccc(-c2cc(-c3ccc(-c4ccc5ccc6cccc7ccc4c5c67)cc3)nc(-c3ccc(-c4cccnc4)cc3)n2)cc1. The van der Waals surface area contributed by atoms with Gasteiger partial charge in [-0.15, -0.1) is 0 Å². The first-order valence-corrected chi connectivity index (χ1v) is 15.9. The van der Waals surface area contributed by atoms with E-state index < -0.39 is 0 Å². The van der Waals surface area contributed by atoms with Crippen molar-refractivity contribution in [2.75, 3.05) is 0 Å². The average Bonchev–Trinajstić information content (AvgIpc) is 3.17. The van der Waals surface area contributed by atoms with Gasteiger partial charge in [0, 0.05) is 29.1 Å². The lowest BCUT2D eigenvalue weighted by Crippen LogP contribution is -1.96. The van der Waals surface area contributed by atoms with Crippen molar-refractivity contribution >= 4 is 32.3 Å². The minimum Gasteiger partial charge on any atom is -0.264 e. The second kappa shape index (κ2) is 11.3. The standard InChI is InChI=1S/C44H26N4/c45-26-28-6-8-31(9-7-28)40-25-41(48-44(47-40)36-18-10-29(11-19-36)37-5-2-24-46-27-37)32-14-12-30(13-15-32)38-22-20-35-17-16-33-3-1-4-34-21-23-39(38)43(35)42(33)34/h1-25,27H. The number of rotatable bonds is 5. The van der Waals surface area contributed by atoms with Crippen LogP contribution >= 0.6 is 0 Å². The Morgan fingerprint density at radius 1 is 0.458 bits per heavy atom. The first kappa shape index (κ1) is 27.6. The van der Waals surface area contributed by atoms with E-state index >= 15 is 0 Å². The monoisotopic (exact) mass is 610 g/mol. The molecule has 0 spiro atoms. The summed E-state index contributed by atoms with van der Waals surface area (Å²) < 4.78 is 0. The summed E-state index contributed by atoms with van der Waals surface area (Å²) in [6.45, 7) is 0. The highest BCUT2D eigenvalue weighted by Gasteiger charge is 2.14. The number of aromatic nitrogens is 3. The lowest BCUT2D eigenvalue weighted by atomic mass is 9.89. The van der Waals surface area contributed by atoms with Crippen molar-refractivity contribution in [3.05, 3.63) is 164 Å². The Kier molecular flexibility index (Phi) is 6.48. The van der Waals surface area contributed by atoms with Crippen LogP contribution < -0.4 is 0 Å². The Morgan fingerprint density at radius 3 is 1.71 bits per heavy atom. The summed E-state index contributed by atoms with van der Waals surface area (Å²) in [6, 6.07) is 52.6. The molecule has 0 amide bonds. The van der Waals surface area contributed by atoms with Gasteiger partial charge in [-0.1, -0.05) is 121 Å². The summed E-state index contributed by atoms with van der Waals surface area (Å²) in [6.07, 6.45) is 3.64. The first-order valence-electron chi connectivity index (χ1n) is 15.9. The minimum absolute atomic E-state index is 0.613. The number of benzene rings is 7. The zero-order valence-corrected chi connectivity index (χ0v) is 25.8. The third-order valence-electron chi connectivity index (χ3n) is 9.19. The van der Waals surface area contributed by atoms with Crippen LogP contribution in [-0.4, -0.2) is 15.0 Å². The zero-order valence-electron chi connectivity index (χ0n) is 25.8. The fraction of sp³-hybridized carbons (Fsp3) is 0. The Morgan fingerprint density at radius 2 is 1.04 bits per heavy atom. The van der Waals surface area contributed by atoms with Crippen LogP contribution in [0.3, 0.4) is 0 Å². The van der Waals surface area contributed by atoms with Crippen LogP contribution in [0.4, 0.5) is 0 Å². The summed E-state index contributed by atoms with van der Waals surface area (Å²) in [7, 11) is 0. The molecule has 48 heavy (non-hydrogen) atoms. The predicted octanol–water partition coefficient (Wildman–Crippen LogP) is 11.0. The molecule has 0 fully saturated rings. The fourth-order valence-electron chi connectivity index (χ4n) is 6.74. The van der Waals surface area contributed by atoms with Gasteiger partial charge in [0.2, 0.25) is 0 Å². The van der Waals surface area contributed by atoms with Crippen molar-refractivity contribution in [1.82, 2.24) is 15.0 Å². The van der Waals surface area contributed by atoms with Crippen molar-refractivity contribution < 1.29 is 0 Å². The maximum absolute atomic E-state index is 9.35. The van der Waals surface area contributed by atoms with Crippen LogP contribution in [0.1, 0.15) is 5.56 Å². The summed E-state index contributed by atoms with van der Waals surface area (Å²) in [5.74, 6) is 0.639. The Bertz CT molecular complexity index is 2620. The van der Waals surface area contributed by atoms with Crippen LogP contribution in [-0.2, 0) is 0 Å². The Labute approximate surface area is 277 Å². The predicted molar refractivity (Wildman–Crippen MR) is 195 cm³/mol. The molecule has 4 nitrogen and oxygen atoms in total. The molecule has 7 aromatic carbocycles. The highest BCUT2D eigenvalue weighted by Crippen LogP contribution is 2.39. The van der Waals surface area contributed by atoms with Gasteiger partial charge < -0.3 is 0 Å². The summed E-state index contributed by atoms with van der Waals surface area (Å²) >= 11 is 0. The first-order chi connectivity index (χ1) is 23.7. The van der Waals surface area contributed by atoms with E-state index in [1.54, 1.807) is 6.20 Å². The van der Waals surface area contributed by atoms with Gasteiger partial charge in [0.15, 0.2) is 5.82 Å². The molecule has 4 heteroatoms. The molecule has 0 saturated heterocycles. The van der Waals surface area contributed by atoms with E-state index in [2.05, 4.69) is 120 Å². The van der Waals surface area contributed by atoms with Crippen molar-refractivity contribution in [3.8, 4) is 62.2 Å². The normalized spacial score (nSPS) is 11.3. The topological polar surface area (TPSA) is 62.5 Å². The Balaban J connectivity index is 1.13. The summed E-state index contributed by atoms with van der Waals surface area (Å²) in [5.41, 5.74) is 9.60. The third-order valence-corrected chi connectivity index (χ3v) is 9.19. The van der Waals surface area contributed by atoms with E-state index in [1.165, 1.54) is 37.9 Å². The quantitative estimate of drug-likeness (QED) is 0.182. The van der Waals surface area contributed by atoms with Gasteiger partial charge in [-0.3, -0.25) is 4.98 Å². The van der Waals surface area contributed by atoms with Crippen LogP contribution in [0.2, 0.25) is 0 Å². The van der Waals surface area contributed by atoms with Crippen molar-refractivity contribution in [2.45, 2.75) is 0 Å². The van der Waals surface area contributed by atoms with Crippen LogP contribution in [0.15, 0.2) is 158 Å². The smallest absolute Gasteiger partial charge is 0.160 e. The lowest BCUT2D eigenvalue weighted by Gasteiger charge is -2.14. The van der Waals surface area contributed by atoms with Gasteiger partial charge in [-0.2, -0.15) is 5.26 Å². The average molecular weight is 611 g/mol. The Hall–Kier alpha value is -6.70. The maximum atomic E-state index is 9.35. The molecule has 0 aliphatic heterocycles. The van der Waals surface area contributed by atoms with E-state index in [-0.39, 0.29) is 0 Å². The molecule has 0 aliphatic rings. The largest absolute Gasteiger partial charge is 0.264 e. The second-order valence-corrected chi connectivity index (χ2v) is 12.0. The zero-order chi connectivity index (χ0) is 32.0. The van der Waals surface area contributed by atoms with E-state index in [9.17, 15) is 5.26 Å². The molecule has 0 atom stereocenters. The molecule has 0 bridgehead atoms. The molecule has 0 unspecified atom stereocenters. The molecular formula is C44H26N4. The van der Waals surface area contributed by atoms with Gasteiger partial charge in [0.1, 0.15) is 0 Å². The summed E-state index contributed by atoms with van der Waals surface area (Å²) in [5, 5.41) is 17.0. The van der Waals surface area contributed by atoms with Gasteiger partial charge in [0.05, 0.1) is 23.0 Å². The molecule has 2 heterocycles. The van der Waals surface area contributed by atoms with E-state index in [4.69, 9.17) is 9.97 Å². The van der Waals surface area contributed by atoms with Gasteiger partial charge in [-0.05, 0) is 78.8 Å². The molecule has 0 radical (unpaired) electrons. The molecule has 0 N–H and O–H groups in total. The molecule has 9 aromatic rings. The fourth-order valence-corrected chi connectivity index (χ4v) is 6.74. The minimum atomic E-state index is 0.613. The number of nitriles is 1. The maximum Gasteiger partial charge on any atom is 0.160 e. The third kappa shape index (κ3) is 4.74. The van der Waals surface area contributed by atoms with Gasteiger partial charge in [0.25, 0.3) is 0 Å². The highest BCUT2D eigenvalue weighted by atomic mass is 14.9. The number of nitrogens with zero attached hydrogens (tertiary/aromatic N) is 4. The lowest BCUT2D eigenvalue weighted by molar-refractivity contribution is 1.18. The highest BCUT2D eigenvalue weighted by molar-refractivity contribution is 6.25.